The van der Waals surface area contributed by atoms with Crippen LogP contribution in [0.15, 0.2) is 6.20 Å². The van der Waals surface area contributed by atoms with E-state index in [1.54, 1.807) is 11.8 Å². The van der Waals surface area contributed by atoms with Crippen LogP contribution in [0.3, 0.4) is 0 Å². The molecule has 7 nitrogen and oxygen atoms in total. The molecule has 1 aromatic heterocycles. The normalized spacial score (nSPS) is 18.7. The third-order valence-corrected chi connectivity index (χ3v) is 2.99. The Balaban J connectivity index is 2.06. The summed E-state index contributed by atoms with van der Waals surface area (Å²) in [5.74, 6) is -0.384. The Morgan fingerprint density at radius 2 is 2.37 bits per heavy atom. The first-order valence-corrected chi connectivity index (χ1v) is 6.33. The zero-order valence-corrected chi connectivity index (χ0v) is 11.0. The number of aromatic amines is 1. The van der Waals surface area contributed by atoms with E-state index in [9.17, 15) is 9.59 Å². The summed E-state index contributed by atoms with van der Waals surface area (Å²) in [7, 11) is 0. The molecule has 104 valence electrons. The Bertz CT molecular complexity index is 471. The van der Waals surface area contributed by atoms with E-state index in [4.69, 9.17) is 9.47 Å². The van der Waals surface area contributed by atoms with Crippen LogP contribution in [-0.2, 0) is 9.53 Å². The van der Waals surface area contributed by atoms with Crippen molar-refractivity contribution in [1.82, 2.24) is 15.1 Å². The highest BCUT2D eigenvalue weighted by atomic mass is 16.5. The van der Waals surface area contributed by atoms with Gasteiger partial charge in [-0.2, -0.15) is 5.10 Å². The van der Waals surface area contributed by atoms with Gasteiger partial charge in [0.1, 0.15) is 5.56 Å². The van der Waals surface area contributed by atoms with Gasteiger partial charge in [0.25, 0.3) is 5.91 Å². The third kappa shape index (κ3) is 2.69. The van der Waals surface area contributed by atoms with Crippen LogP contribution < -0.4 is 4.74 Å². The number of amides is 1. The molecule has 0 saturated carbocycles. The molecule has 0 spiro atoms. The molecular formula is C12H17N3O4. The molecule has 1 aliphatic rings. The number of hydrogen-bond acceptors (Lipinski definition) is 5. The molecule has 1 atom stereocenters. The number of nitrogens with one attached hydrogen (secondary N) is 1. The number of rotatable bonds is 5. The molecule has 1 aromatic rings. The van der Waals surface area contributed by atoms with Crippen LogP contribution in [0, 0.1) is 0 Å². The zero-order valence-electron chi connectivity index (χ0n) is 11.0. The first-order valence-electron chi connectivity index (χ1n) is 6.33. The molecule has 0 aliphatic carbocycles. The van der Waals surface area contributed by atoms with Gasteiger partial charge in [0.15, 0.2) is 6.10 Å². The lowest BCUT2D eigenvalue weighted by Gasteiger charge is -2.14. The van der Waals surface area contributed by atoms with Crippen molar-refractivity contribution in [2.24, 2.45) is 0 Å². The van der Waals surface area contributed by atoms with E-state index < -0.39 is 12.1 Å². The molecule has 7 heteroatoms. The minimum Gasteiger partial charge on any atom is -0.464 e. The van der Waals surface area contributed by atoms with Crippen LogP contribution in [0.2, 0.25) is 0 Å². The summed E-state index contributed by atoms with van der Waals surface area (Å²) in [5, 5.41) is 6.34. The molecule has 1 unspecified atom stereocenters. The minimum atomic E-state index is -0.562. The van der Waals surface area contributed by atoms with Gasteiger partial charge < -0.3 is 14.4 Å². The van der Waals surface area contributed by atoms with E-state index in [1.807, 2.05) is 6.92 Å². The lowest BCUT2D eigenvalue weighted by atomic mass is 10.3. The van der Waals surface area contributed by atoms with Crippen molar-refractivity contribution in [1.29, 1.82) is 0 Å². The standard InChI is InChI=1S/C12H17N3O4/c1-3-15-6-5-9(11(15)16)19-10-8(7-13-14-10)12(17)18-4-2/h7,9H,3-6H2,1-2H3,(H,13,14). The number of hydrogen-bond donors (Lipinski definition) is 1. The predicted octanol–water partition coefficient (Wildman–Crippen LogP) is 0.586. The molecule has 0 bridgehead atoms. The number of ether oxygens (including phenoxy) is 2. The molecule has 0 aromatic carbocycles. The van der Waals surface area contributed by atoms with Crippen molar-refractivity contribution in [2.75, 3.05) is 19.7 Å². The summed E-state index contributed by atoms with van der Waals surface area (Å²) in [6.45, 7) is 5.24. The smallest absolute Gasteiger partial charge is 0.345 e. The summed E-state index contributed by atoms with van der Waals surface area (Å²) < 4.78 is 10.4. The second-order valence-electron chi connectivity index (χ2n) is 4.15. The Kier molecular flexibility index (Phi) is 4.03. The maximum absolute atomic E-state index is 11.9. The molecule has 19 heavy (non-hydrogen) atoms. The van der Waals surface area contributed by atoms with Crippen molar-refractivity contribution in [3.05, 3.63) is 11.8 Å². The highest BCUT2D eigenvalue weighted by molar-refractivity contribution is 5.92. The van der Waals surface area contributed by atoms with Crippen molar-refractivity contribution in [2.45, 2.75) is 26.4 Å². The molecule has 1 fully saturated rings. The summed E-state index contributed by atoms with van der Waals surface area (Å²) >= 11 is 0. The van der Waals surface area contributed by atoms with Crippen LogP contribution >= 0.6 is 0 Å². The summed E-state index contributed by atoms with van der Waals surface area (Å²) in [5.41, 5.74) is 0.213. The number of carbonyl (C=O) groups excluding carboxylic acids is 2. The van der Waals surface area contributed by atoms with Gasteiger partial charge in [0.2, 0.25) is 5.88 Å². The van der Waals surface area contributed by atoms with Crippen LogP contribution in [0.25, 0.3) is 0 Å². The lowest BCUT2D eigenvalue weighted by Crippen LogP contribution is -2.32. The van der Waals surface area contributed by atoms with E-state index in [0.717, 1.165) is 0 Å². The minimum absolute atomic E-state index is 0.0630. The molecular weight excluding hydrogens is 250 g/mol. The van der Waals surface area contributed by atoms with E-state index in [0.29, 0.717) is 19.5 Å². The maximum atomic E-state index is 11.9. The Morgan fingerprint density at radius 3 is 3.00 bits per heavy atom. The average molecular weight is 267 g/mol. The number of esters is 1. The Hall–Kier alpha value is -2.05. The molecule has 1 N–H and O–H groups in total. The fourth-order valence-electron chi connectivity index (χ4n) is 1.99. The molecule has 1 aliphatic heterocycles. The first kappa shape index (κ1) is 13.4. The number of carbonyl (C=O) groups is 2. The highest BCUT2D eigenvalue weighted by Crippen LogP contribution is 2.21. The average Bonchev–Trinajstić information content (AvgIpc) is 2.98. The fourth-order valence-corrected chi connectivity index (χ4v) is 1.99. The summed E-state index contributed by atoms with van der Waals surface area (Å²) in [6, 6.07) is 0. The van der Waals surface area contributed by atoms with Gasteiger partial charge in [-0.1, -0.05) is 0 Å². The number of likely N-dealkylation sites (tertiary alicyclic amines) is 1. The highest BCUT2D eigenvalue weighted by Gasteiger charge is 2.33. The van der Waals surface area contributed by atoms with Gasteiger partial charge in [0, 0.05) is 19.5 Å². The topological polar surface area (TPSA) is 84.5 Å². The van der Waals surface area contributed by atoms with Crippen LogP contribution in [-0.4, -0.2) is 52.8 Å². The SMILES string of the molecule is CCOC(=O)c1cn[nH]c1OC1CCN(CC)C1=O. The van der Waals surface area contributed by atoms with E-state index in [2.05, 4.69) is 10.2 Å². The van der Waals surface area contributed by atoms with Gasteiger partial charge in [0.05, 0.1) is 12.8 Å². The fraction of sp³-hybridized carbons (Fsp3) is 0.583. The molecule has 1 saturated heterocycles. The maximum Gasteiger partial charge on any atom is 0.345 e. The van der Waals surface area contributed by atoms with Crippen molar-refractivity contribution in [3.63, 3.8) is 0 Å². The van der Waals surface area contributed by atoms with Crippen molar-refractivity contribution >= 4 is 11.9 Å². The predicted molar refractivity (Wildman–Crippen MR) is 65.8 cm³/mol. The molecule has 2 rings (SSSR count). The molecule has 2 heterocycles. The van der Waals surface area contributed by atoms with Gasteiger partial charge in [-0.15, -0.1) is 0 Å². The summed E-state index contributed by atoms with van der Waals surface area (Å²) in [4.78, 5) is 25.3. The van der Waals surface area contributed by atoms with Crippen LogP contribution in [0.5, 0.6) is 5.88 Å². The lowest BCUT2D eigenvalue weighted by molar-refractivity contribution is -0.133. The number of aromatic nitrogens is 2. The number of likely N-dealkylation sites (N-methyl/N-ethyl adjacent to an activating group) is 1. The van der Waals surface area contributed by atoms with Gasteiger partial charge in [-0.05, 0) is 13.8 Å². The summed E-state index contributed by atoms with van der Waals surface area (Å²) in [6.07, 6.45) is 1.38. The zero-order chi connectivity index (χ0) is 13.8. The molecule has 1 amide bonds. The largest absolute Gasteiger partial charge is 0.464 e. The quantitative estimate of drug-likeness (QED) is 0.789. The van der Waals surface area contributed by atoms with Crippen LogP contribution in [0.4, 0.5) is 0 Å². The van der Waals surface area contributed by atoms with E-state index in [-0.39, 0.29) is 24.0 Å². The number of H-pyrrole nitrogens is 1. The van der Waals surface area contributed by atoms with E-state index >= 15 is 0 Å². The van der Waals surface area contributed by atoms with Gasteiger partial charge in [-0.3, -0.25) is 4.79 Å². The van der Waals surface area contributed by atoms with Gasteiger partial charge in [-0.25, -0.2) is 9.89 Å². The Labute approximate surface area is 110 Å². The number of nitrogens with zero attached hydrogens (tertiary/aromatic N) is 2. The second kappa shape index (κ2) is 5.73. The van der Waals surface area contributed by atoms with E-state index in [1.165, 1.54) is 6.20 Å². The van der Waals surface area contributed by atoms with Gasteiger partial charge >= 0.3 is 5.97 Å². The van der Waals surface area contributed by atoms with Crippen LogP contribution in [0.1, 0.15) is 30.6 Å². The second-order valence-corrected chi connectivity index (χ2v) is 4.15. The molecule has 0 radical (unpaired) electrons. The third-order valence-electron chi connectivity index (χ3n) is 2.99. The van der Waals surface area contributed by atoms with Crippen molar-refractivity contribution in [3.8, 4) is 5.88 Å². The first-order chi connectivity index (χ1) is 9.17. The van der Waals surface area contributed by atoms with Crippen molar-refractivity contribution < 1.29 is 19.1 Å². The monoisotopic (exact) mass is 267 g/mol. The Morgan fingerprint density at radius 1 is 1.58 bits per heavy atom.